The Morgan fingerprint density at radius 3 is 2.27 bits per heavy atom. The summed E-state index contributed by atoms with van der Waals surface area (Å²) in [7, 11) is 0. The van der Waals surface area contributed by atoms with E-state index in [-0.39, 0.29) is 5.57 Å². The van der Waals surface area contributed by atoms with Gasteiger partial charge in [0.15, 0.2) is 5.78 Å². The average Bonchev–Trinajstić information content (AvgIpc) is 1.84. The van der Waals surface area contributed by atoms with Gasteiger partial charge >= 0.3 is 5.97 Å². The van der Waals surface area contributed by atoms with Crippen LogP contribution in [0.25, 0.3) is 0 Å². The fourth-order valence-corrected chi connectivity index (χ4v) is 0.519. The van der Waals surface area contributed by atoms with Crippen molar-refractivity contribution >= 4 is 11.8 Å². The molecular weight excluding hydrogens is 148 g/mol. The number of carboxylic acids is 1. The first-order valence-corrected chi connectivity index (χ1v) is 2.91. The molecule has 0 aromatic rings. The molecule has 0 aliphatic carbocycles. The lowest BCUT2D eigenvalue weighted by molar-refractivity contribution is -0.132. The lowest BCUT2D eigenvalue weighted by Crippen LogP contribution is -2.17. The Kier molecular flexibility index (Phi) is 3.47. The molecule has 0 aromatic heterocycles. The minimum absolute atomic E-state index is 0.0139. The average molecular weight is 157 g/mol. The molecule has 1 radical (unpaired) electrons. The molecule has 11 heavy (non-hydrogen) atoms. The highest BCUT2D eigenvalue weighted by molar-refractivity contribution is 6.02. The lowest BCUT2D eigenvalue weighted by atomic mass is 10.1. The van der Waals surface area contributed by atoms with Crippen LogP contribution in [0.1, 0.15) is 6.92 Å². The number of aliphatic hydroxyl groups excluding tert-OH is 1. The minimum atomic E-state index is -1.38. The van der Waals surface area contributed by atoms with E-state index in [1.807, 2.05) is 0 Å². The highest BCUT2D eigenvalue weighted by atomic mass is 16.4. The molecule has 0 fully saturated rings. The third kappa shape index (κ3) is 3.52. The quantitative estimate of drug-likeness (QED) is 0.555. The Morgan fingerprint density at radius 2 is 2.00 bits per heavy atom. The summed E-state index contributed by atoms with van der Waals surface area (Å²) in [6.45, 7) is 4.35. The van der Waals surface area contributed by atoms with Gasteiger partial charge in [0.2, 0.25) is 0 Å². The molecule has 0 aliphatic rings. The number of ketones is 1. The van der Waals surface area contributed by atoms with Crippen LogP contribution in [0, 0.1) is 6.92 Å². The highest BCUT2D eigenvalue weighted by Gasteiger charge is 2.11. The summed E-state index contributed by atoms with van der Waals surface area (Å²) in [6.07, 6.45) is -0.651. The van der Waals surface area contributed by atoms with E-state index in [1.54, 1.807) is 0 Å². The molecule has 0 bridgehead atoms. The van der Waals surface area contributed by atoms with Crippen molar-refractivity contribution in [3.8, 4) is 0 Å². The zero-order chi connectivity index (χ0) is 9.02. The smallest absolute Gasteiger partial charge is 0.328 e. The largest absolute Gasteiger partial charge is 0.478 e. The van der Waals surface area contributed by atoms with Crippen molar-refractivity contribution in [3.63, 3.8) is 0 Å². The van der Waals surface area contributed by atoms with Crippen molar-refractivity contribution in [1.82, 2.24) is 0 Å². The Balaban J connectivity index is 4.36. The summed E-state index contributed by atoms with van der Waals surface area (Å²) >= 11 is 0. The van der Waals surface area contributed by atoms with Crippen molar-refractivity contribution in [2.45, 2.75) is 13.0 Å². The van der Waals surface area contributed by atoms with E-state index < -0.39 is 17.9 Å². The molecule has 0 rings (SSSR count). The first-order valence-electron chi connectivity index (χ1n) is 2.91. The van der Waals surface area contributed by atoms with E-state index in [0.29, 0.717) is 0 Å². The van der Waals surface area contributed by atoms with E-state index in [9.17, 15) is 9.59 Å². The molecule has 2 N–H and O–H groups in total. The van der Waals surface area contributed by atoms with Crippen LogP contribution in [0.2, 0.25) is 0 Å². The second-order valence-electron chi connectivity index (χ2n) is 2.05. The van der Waals surface area contributed by atoms with E-state index >= 15 is 0 Å². The van der Waals surface area contributed by atoms with Crippen molar-refractivity contribution < 1.29 is 19.8 Å². The first-order chi connectivity index (χ1) is 4.95. The maximum atomic E-state index is 10.7. The summed E-state index contributed by atoms with van der Waals surface area (Å²) in [5, 5.41) is 16.8. The number of Topliss-reactive ketones (excluding diaryl/α,β-unsaturated/α-hetero) is 1. The van der Waals surface area contributed by atoms with Gasteiger partial charge in [-0.3, -0.25) is 4.79 Å². The Labute approximate surface area is 64.2 Å². The standard InChI is InChI=1S/C7H9O4/c1-4(3-6(9)10)7(11)5(2)8/h3,5,8H,2H2,1H3,(H,9,10). The minimum Gasteiger partial charge on any atom is -0.478 e. The number of carboxylic acid groups (broad SMARTS) is 1. The third-order valence-corrected chi connectivity index (χ3v) is 1.03. The number of carbonyl (C=O) groups is 2. The molecule has 0 saturated heterocycles. The molecule has 0 spiro atoms. The molecular formula is C7H9O4. The van der Waals surface area contributed by atoms with Crippen LogP contribution in [0.15, 0.2) is 11.6 Å². The first kappa shape index (κ1) is 9.84. The van der Waals surface area contributed by atoms with Crippen LogP contribution in [0.4, 0.5) is 0 Å². The van der Waals surface area contributed by atoms with Crippen molar-refractivity contribution in [1.29, 1.82) is 0 Å². The van der Waals surface area contributed by atoms with Gasteiger partial charge in [0, 0.05) is 11.6 Å². The molecule has 61 valence electrons. The normalized spacial score (nSPS) is 14.3. The van der Waals surface area contributed by atoms with Gasteiger partial charge in [-0.1, -0.05) is 0 Å². The van der Waals surface area contributed by atoms with Crippen molar-refractivity contribution in [2.24, 2.45) is 0 Å². The molecule has 0 aliphatic heterocycles. The lowest BCUT2D eigenvalue weighted by Gasteiger charge is -2.00. The number of hydrogen-bond donors (Lipinski definition) is 2. The monoisotopic (exact) mass is 157 g/mol. The fraction of sp³-hybridized carbons (Fsp3) is 0.286. The molecule has 0 aromatic carbocycles. The zero-order valence-electron chi connectivity index (χ0n) is 6.07. The van der Waals surface area contributed by atoms with Gasteiger partial charge in [0.05, 0.1) is 0 Å². The molecule has 4 nitrogen and oxygen atoms in total. The van der Waals surface area contributed by atoms with Crippen LogP contribution in [-0.4, -0.2) is 28.1 Å². The second-order valence-corrected chi connectivity index (χ2v) is 2.05. The van der Waals surface area contributed by atoms with Gasteiger partial charge in [-0.15, -0.1) is 0 Å². The predicted molar refractivity (Wildman–Crippen MR) is 37.8 cm³/mol. The maximum Gasteiger partial charge on any atom is 0.328 e. The molecule has 1 unspecified atom stereocenters. The Hall–Kier alpha value is -1.16. The molecule has 0 amide bonds. The summed E-state index contributed by atoms with van der Waals surface area (Å²) in [6, 6.07) is 0. The molecule has 4 heteroatoms. The Bertz CT molecular complexity index is 202. The summed E-state index contributed by atoms with van der Waals surface area (Å²) in [5.41, 5.74) is -0.0139. The van der Waals surface area contributed by atoms with Gasteiger partial charge in [0.25, 0.3) is 0 Å². The van der Waals surface area contributed by atoms with Gasteiger partial charge in [0.1, 0.15) is 6.10 Å². The molecule has 1 atom stereocenters. The SMILES string of the molecule is [CH2]C(O)C(=O)C(C)=CC(=O)O. The summed E-state index contributed by atoms with van der Waals surface area (Å²) in [4.78, 5) is 20.7. The molecule has 0 saturated carbocycles. The van der Waals surface area contributed by atoms with Crippen LogP contribution in [-0.2, 0) is 9.59 Å². The van der Waals surface area contributed by atoms with Gasteiger partial charge < -0.3 is 10.2 Å². The van der Waals surface area contributed by atoms with Crippen LogP contribution >= 0.6 is 0 Å². The number of aliphatic carboxylic acids is 1. The fourth-order valence-electron chi connectivity index (χ4n) is 0.519. The van der Waals surface area contributed by atoms with Crippen molar-refractivity contribution in [3.05, 3.63) is 18.6 Å². The van der Waals surface area contributed by atoms with Crippen LogP contribution in [0.5, 0.6) is 0 Å². The summed E-state index contributed by atoms with van der Waals surface area (Å²) < 4.78 is 0. The third-order valence-electron chi connectivity index (χ3n) is 1.03. The summed E-state index contributed by atoms with van der Waals surface area (Å²) in [5.74, 6) is -1.89. The number of hydrogen-bond acceptors (Lipinski definition) is 3. The van der Waals surface area contributed by atoms with Crippen LogP contribution in [0.3, 0.4) is 0 Å². The van der Waals surface area contributed by atoms with Crippen molar-refractivity contribution in [2.75, 3.05) is 0 Å². The van der Waals surface area contributed by atoms with Gasteiger partial charge in [-0.2, -0.15) is 0 Å². The number of rotatable bonds is 3. The maximum absolute atomic E-state index is 10.7. The molecule has 0 heterocycles. The number of aliphatic hydroxyl groups is 1. The van der Waals surface area contributed by atoms with E-state index in [1.165, 1.54) is 6.92 Å². The Morgan fingerprint density at radius 1 is 1.55 bits per heavy atom. The van der Waals surface area contributed by atoms with Crippen LogP contribution < -0.4 is 0 Å². The predicted octanol–water partition coefficient (Wildman–Crippen LogP) is -0.219. The topological polar surface area (TPSA) is 74.6 Å². The van der Waals surface area contributed by atoms with E-state index in [0.717, 1.165) is 6.08 Å². The van der Waals surface area contributed by atoms with Gasteiger partial charge in [-0.05, 0) is 13.8 Å². The second kappa shape index (κ2) is 3.88. The van der Waals surface area contributed by atoms with E-state index in [2.05, 4.69) is 6.92 Å². The van der Waals surface area contributed by atoms with Gasteiger partial charge in [-0.25, -0.2) is 4.79 Å². The highest BCUT2D eigenvalue weighted by Crippen LogP contribution is 1.98. The number of carbonyl (C=O) groups excluding carboxylic acids is 1. The zero-order valence-corrected chi connectivity index (χ0v) is 6.07. The van der Waals surface area contributed by atoms with E-state index in [4.69, 9.17) is 10.2 Å².